The number of hydrogen-bond donors (Lipinski definition) is 2. The summed E-state index contributed by atoms with van der Waals surface area (Å²) in [5, 5.41) is 5.59. The van der Waals surface area contributed by atoms with E-state index in [0.29, 0.717) is 17.1 Å². The molecule has 128 valence electrons. The van der Waals surface area contributed by atoms with Crippen LogP contribution in [-0.4, -0.2) is 28.6 Å². The smallest absolute Gasteiger partial charge is 0.270 e. The number of aromatic nitrogens is 2. The van der Waals surface area contributed by atoms with Gasteiger partial charge in [-0.3, -0.25) is 19.4 Å². The molecule has 6 nitrogen and oxygen atoms in total. The first-order valence-corrected chi connectivity index (χ1v) is 8.99. The number of benzene rings is 1. The van der Waals surface area contributed by atoms with Gasteiger partial charge in [-0.15, -0.1) is 11.8 Å². The number of nitrogens with one attached hydrogen (secondary N) is 2. The number of thioether (sulfide) groups is 1. The lowest BCUT2D eigenvalue weighted by molar-refractivity contribution is -0.113. The van der Waals surface area contributed by atoms with E-state index in [-0.39, 0.29) is 22.8 Å². The van der Waals surface area contributed by atoms with E-state index in [4.69, 9.17) is 4.74 Å². The molecule has 2 aromatic rings. The van der Waals surface area contributed by atoms with E-state index >= 15 is 0 Å². The highest BCUT2D eigenvalue weighted by Gasteiger charge is 2.31. The summed E-state index contributed by atoms with van der Waals surface area (Å²) in [4.78, 5) is 24.7. The van der Waals surface area contributed by atoms with E-state index in [9.17, 15) is 9.59 Å². The molecule has 3 rings (SSSR count). The third-order valence-corrected chi connectivity index (χ3v) is 5.58. The number of H-pyrrole nitrogens is 1. The van der Waals surface area contributed by atoms with Gasteiger partial charge in [0.1, 0.15) is 11.6 Å². The highest BCUT2D eigenvalue weighted by Crippen LogP contribution is 2.40. The highest BCUT2D eigenvalue weighted by atomic mass is 32.2. The Hall–Kier alpha value is -2.15. The summed E-state index contributed by atoms with van der Waals surface area (Å²) in [6.07, 6.45) is 0.854. The van der Waals surface area contributed by atoms with Crippen molar-refractivity contribution in [3.8, 4) is 5.75 Å². The zero-order valence-corrected chi connectivity index (χ0v) is 14.8. The molecule has 1 aromatic heterocycles. The number of ether oxygens (including phenoxy) is 1. The van der Waals surface area contributed by atoms with Crippen molar-refractivity contribution in [2.75, 3.05) is 18.2 Å². The second-order valence-corrected chi connectivity index (χ2v) is 6.94. The van der Waals surface area contributed by atoms with E-state index in [0.717, 1.165) is 17.7 Å². The van der Waals surface area contributed by atoms with Gasteiger partial charge in [-0.2, -0.15) is 0 Å². The second-order valence-electron chi connectivity index (χ2n) is 5.84. The lowest BCUT2D eigenvalue weighted by Gasteiger charge is -2.16. The van der Waals surface area contributed by atoms with Crippen LogP contribution < -0.4 is 15.6 Å². The molecule has 0 aliphatic carbocycles. The number of fused-ring (bicyclic) bond motifs is 1. The summed E-state index contributed by atoms with van der Waals surface area (Å²) in [6.45, 7) is 4.06. The topological polar surface area (TPSA) is 76.1 Å². The lowest BCUT2D eigenvalue weighted by atomic mass is 10.1. The number of rotatable bonds is 4. The van der Waals surface area contributed by atoms with Crippen molar-refractivity contribution in [1.82, 2.24) is 9.78 Å². The van der Waals surface area contributed by atoms with Crippen LogP contribution >= 0.6 is 11.8 Å². The molecular formula is C17H21N3O3S. The van der Waals surface area contributed by atoms with Crippen molar-refractivity contribution in [1.29, 1.82) is 0 Å². The number of anilines is 1. The summed E-state index contributed by atoms with van der Waals surface area (Å²) < 4.78 is 6.97. The molecule has 0 radical (unpaired) electrons. The molecule has 2 atom stereocenters. The molecule has 2 heterocycles. The Morgan fingerprint density at radius 3 is 2.67 bits per heavy atom. The maximum absolute atomic E-state index is 12.6. The van der Waals surface area contributed by atoms with Crippen LogP contribution in [0.4, 0.5) is 5.82 Å². The number of methoxy groups -OCH3 is 1. The normalized spacial score (nSPS) is 18.5. The largest absolute Gasteiger partial charge is 0.497 e. The van der Waals surface area contributed by atoms with E-state index in [1.807, 2.05) is 38.1 Å². The van der Waals surface area contributed by atoms with Crippen molar-refractivity contribution < 1.29 is 9.53 Å². The minimum atomic E-state index is -0.195. The maximum atomic E-state index is 12.6. The van der Waals surface area contributed by atoms with Crippen molar-refractivity contribution in [3.05, 3.63) is 45.7 Å². The summed E-state index contributed by atoms with van der Waals surface area (Å²) >= 11 is 1.46. The molecule has 1 aliphatic heterocycles. The number of carbonyl (C=O) groups excluding carboxylic acids is 1. The number of amides is 1. The molecule has 0 saturated heterocycles. The fourth-order valence-corrected chi connectivity index (χ4v) is 3.92. The monoisotopic (exact) mass is 347 g/mol. The van der Waals surface area contributed by atoms with Gasteiger partial charge in [0.15, 0.2) is 0 Å². The van der Waals surface area contributed by atoms with Gasteiger partial charge in [-0.05, 0) is 31.0 Å². The van der Waals surface area contributed by atoms with Crippen molar-refractivity contribution in [2.45, 2.75) is 31.6 Å². The zero-order chi connectivity index (χ0) is 17.3. The molecule has 1 aliphatic rings. The van der Waals surface area contributed by atoms with Crippen molar-refractivity contribution in [3.63, 3.8) is 0 Å². The van der Waals surface area contributed by atoms with Crippen LogP contribution in [0.15, 0.2) is 29.1 Å². The quantitative estimate of drug-likeness (QED) is 0.892. The first-order valence-electron chi connectivity index (χ1n) is 7.95. The van der Waals surface area contributed by atoms with Crippen LogP contribution in [-0.2, 0) is 4.79 Å². The highest BCUT2D eigenvalue weighted by molar-refractivity contribution is 8.00. The van der Waals surface area contributed by atoms with Gasteiger partial charge in [-0.25, -0.2) is 0 Å². The fraction of sp³-hybridized carbons (Fsp3) is 0.412. The predicted molar refractivity (Wildman–Crippen MR) is 96.0 cm³/mol. The fourth-order valence-electron chi connectivity index (χ4n) is 2.80. The molecule has 0 bridgehead atoms. The molecule has 0 spiro atoms. The van der Waals surface area contributed by atoms with Gasteiger partial charge in [0, 0.05) is 6.04 Å². The Morgan fingerprint density at radius 2 is 2.04 bits per heavy atom. The van der Waals surface area contributed by atoms with E-state index < -0.39 is 0 Å². The van der Waals surface area contributed by atoms with E-state index in [1.165, 1.54) is 11.8 Å². The van der Waals surface area contributed by atoms with Crippen molar-refractivity contribution in [2.24, 2.45) is 0 Å². The molecule has 2 N–H and O–H groups in total. The second kappa shape index (κ2) is 6.76. The Kier molecular flexibility index (Phi) is 4.71. The van der Waals surface area contributed by atoms with Gasteiger partial charge in [-0.1, -0.05) is 19.1 Å². The zero-order valence-electron chi connectivity index (χ0n) is 14.0. The molecule has 7 heteroatoms. The minimum absolute atomic E-state index is 0.0895. The van der Waals surface area contributed by atoms with Crippen LogP contribution in [0.5, 0.6) is 5.75 Å². The number of aromatic amines is 1. The Morgan fingerprint density at radius 1 is 1.33 bits per heavy atom. The number of hydrogen-bond acceptors (Lipinski definition) is 4. The van der Waals surface area contributed by atoms with Crippen LogP contribution in [0.25, 0.3) is 0 Å². The number of nitrogens with zero attached hydrogens (tertiary/aromatic N) is 1. The molecule has 0 unspecified atom stereocenters. The summed E-state index contributed by atoms with van der Waals surface area (Å²) in [5.41, 5.74) is 1.43. The Labute approximate surface area is 144 Å². The van der Waals surface area contributed by atoms with E-state index in [1.54, 1.807) is 11.8 Å². The minimum Gasteiger partial charge on any atom is -0.497 e. The van der Waals surface area contributed by atoms with Crippen molar-refractivity contribution >= 4 is 23.5 Å². The van der Waals surface area contributed by atoms with Crippen LogP contribution in [0.3, 0.4) is 0 Å². The Bertz CT molecular complexity index is 794. The third kappa shape index (κ3) is 2.96. The van der Waals surface area contributed by atoms with Gasteiger partial charge in [0.25, 0.3) is 5.56 Å². The molecule has 24 heavy (non-hydrogen) atoms. The molecule has 1 aromatic carbocycles. The molecule has 1 amide bonds. The third-order valence-electron chi connectivity index (χ3n) is 4.31. The van der Waals surface area contributed by atoms with E-state index in [2.05, 4.69) is 10.4 Å². The maximum Gasteiger partial charge on any atom is 0.270 e. The van der Waals surface area contributed by atoms with Crippen LogP contribution in [0.1, 0.15) is 42.7 Å². The van der Waals surface area contributed by atoms with Gasteiger partial charge < -0.3 is 10.1 Å². The van der Waals surface area contributed by atoms with Gasteiger partial charge in [0.05, 0.1) is 23.7 Å². The standard InChI is InChI=1S/C17H21N3O3S/c1-4-10(2)20-16-14(17(22)19-20)15(24-9-13(21)18-16)11-5-7-12(23-3)8-6-11/h5-8,10,15H,4,9H2,1-3H3,(H,18,21)(H,19,22)/t10-,15+/m1/s1. The summed E-state index contributed by atoms with van der Waals surface area (Å²) in [7, 11) is 1.62. The molecular weight excluding hydrogens is 326 g/mol. The summed E-state index contributed by atoms with van der Waals surface area (Å²) in [6, 6.07) is 7.72. The molecule has 0 fully saturated rings. The van der Waals surface area contributed by atoms with Gasteiger partial charge in [0.2, 0.25) is 5.91 Å². The first-order chi connectivity index (χ1) is 11.5. The first kappa shape index (κ1) is 16.7. The Balaban J connectivity index is 2.11. The lowest BCUT2D eigenvalue weighted by Crippen LogP contribution is -2.18. The number of carbonyl (C=O) groups is 1. The summed E-state index contributed by atoms with van der Waals surface area (Å²) in [5.74, 6) is 1.57. The van der Waals surface area contributed by atoms with Crippen LogP contribution in [0, 0.1) is 0 Å². The van der Waals surface area contributed by atoms with Crippen LogP contribution in [0.2, 0.25) is 0 Å². The average Bonchev–Trinajstić information content (AvgIpc) is 2.80. The predicted octanol–water partition coefficient (Wildman–Crippen LogP) is 2.93. The molecule has 0 saturated carbocycles. The SMILES string of the molecule is CC[C@@H](C)n1[nH]c(=O)c2c1NC(=O)CS[C@H]2c1ccc(OC)cc1. The average molecular weight is 347 g/mol. The van der Waals surface area contributed by atoms with Gasteiger partial charge >= 0.3 is 0 Å².